The van der Waals surface area contributed by atoms with E-state index >= 15 is 0 Å². The first-order chi connectivity index (χ1) is 13.9. The summed E-state index contributed by atoms with van der Waals surface area (Å²) in [5.74, 6) is 0.755. The van der Waals surface area contributed by atoms with E-state index in [-0.39, 0.29) is 17.7 Å². The van der Waals surface area contributed by atoms with Gasteiger partial charge in [-0.15, -0.1) is 0 Å². The highest BCUT2D eigenvalue weighted by atomic mass is 32.2. The molecule has 0 bridgehead atoms. The summed E-state index contributed by atoms with van der Waals surface area (Å²) in [7, 11) is -3.44. The molecule has 0 unspecified atom stereocenters. The van der Waals surface area contributed by atoms with Gasteiger partial charge in [-0.05, 0) is 37.6 Å². The van der Waals surface area contributed by atoms with Crippen molar-refractivity contribution in [2.75, 3.05) is 17.5 Å². The van der Waals surface area contributed by atoms with Crippen molar-refractivity contribution in [3.63, 3.8) is 0 Å². The Bertz CT molecular complexity index is 1120. The summed E-state index contributed by atoms with van der Waals surface area (Å²) in [5.41, 5.74) is 1.21. The molecule has 0 radical (unpaired) electrons. The van der Waals surface area contributed by atoms with Crippen LogP contribution in [-0.2, 0) is 16.6 Å². The second kappa shape index (κ2) is 7.88. The molecule has 29 heavy (non-hydrogen) atoms. The molecule has 3 heterocycles. The van der Waals surface area contributed by atoms with Gasteiger partial charge in [-0.25, -0.2) is 17.8 Å². The molecule has 1 fully saturated rings. The Morgan fingerprint density at radius 3 is 2.93 bits per heavy atom. The molecule has 10 heteroatoms. The van der Waals surface area contributed by atoms with Crippen LogP contribution in [0.1, 0.15) is 30.3 Å². The minimum Gasteiger partial charge on any atom is -0.337 e. The van der Waals surface area contributed by atoms with Crippen LogP contribution in [0, 0.1) is 5.82 Å². The predicted molar refractivity (Wildman–Crippen MR) is 105 cm³/mol. The molecule has 1 saturated heterocycles. The van der Waals surface area contributed by atoms with Gasteiger partial charge in [-0.3, -0.25) is 9.62 Å². The largest absolute Gasteiger partial charge is 0.337 e. The number of sulfonamides is 1. The van der Waals surface area contributed by atoms with Crippen LogP contribution in [0.4, 0.5) is 10.2 Å². The van der Waals surface area contributed by atoms with Crippen LogP contribution in [-0.4, -0.2) is 41.2 Å². The van der Waals surface area contributed by atoms with E-state index in [1.54, 1.807) is 24.3 Å². The van der Waals surface area contributed by atoms with Crippen LogP contribution in [0.2, 0.25) is 0 Å². The lowest BCUT2D eigenvalue weighted by Gasteiger charge is -2.21. The lowest BCUT2D eigenvalue weighted by atomic mass is 10.1. The number of likely N-dealkylation sites (tertiary alicyclic amines) is 1. The van der Waals surface area contributed by atoms with Gasteiger partial charge in [0.05, 0.1) is 12.3 Å². The number of hydrogen-bond acceptors (Lipinski definition) is 7. The van der Waals surface area contributed by atoms with Gasteiger partial charge in [0.2, 0.25) is 21.7 Å². The fraction of sp³-hybridized carbons (Fsp3) is 0.316. The zero-order chi connectivity index (χ0) is 20.4. The Hall–Kier alpha value is -2.85. The normalized spacial score (nSPS) is 17.5. The van der Waals surface area contributed by atoms with E-state index < -0.39 is 10.0 Å². The Morgan fingerprint density at radius 1 is 1.31 bits per heavy atom. The van der Waals surface area contributed by atoms with Crippen LogP contribution in [0.3, 0.4) is 0 Å². The average Bonchev–Trinajstić information content (AvgIpc) is 3.31. The summed E-state index contributed by atoms with van der Waals surface area (Å²) in [4.78, 5) is 10.6. The molecule has 1 aliphatic rings. The summed E-state index contributed by atoms with van der Waals surface area (Å²) in [6, 6.07) is 9.85. The molecule has 0 aliphatic carbocycles. The van der Waals surface area contributed by atoms with Gasteiger partial charge in [-0.1, -0.05) is 23.4 Å². The van der Waals surface area contributed by atoms with Crippen LogP contribution in [0.15, 0.2) is 47.1 Å². The number of aromatic nitrogens is 3. The maximum atomic E-state index is 14.0. The summed E-state index contributed by atoms with van der Waals surface area (Å²) < 4.78 is 44.6. The average molecular weight is 417 g/mol. The minimum atomic E-state index is -3.44. The number of rotatable bonds is 6. The highest BCUT2D eigenvalue weighted by Crippen LogP contribution is 2.33. The number of nitrogens with one attached hydrogen (secondary N) is 1. The molecule has 1 aromatic carbocycles. The Labute approximate surface area is 167 Å². The number of benzene rings is 1. The van der Waals surface area contributed by atoms with Crippen LogP contribution >= 0.6 is 0 Å². The van der Waals surface area contributed by atoms with Gasteiger partial charge in [0.15, 0.2) is 0 Å². The van der Waals surface area contributed by atoms with Crippen LogP contribution < -0.4 is 4.72 Å². The van der Waals surface area contributed by atoms with E-state index in [4.69, 9.17) is 4.52 Å². The molecule has 0 spiro atoms. The zero-order valence-electron chi connectivity index (χ0n) is 15.7. The maximum Gasteiger partial charge on any atom is 0.244 e. The SMILES string of the molecule is CS(=O)(=O)Nc1cc(-c2noc([C@@H]3CCCN3Cc3ccccc3F)n2)ccn1. The van der Waals surface area contributed by atoms with E-state index in [1.807, 2.05) is 6.07 Å². The third-order valence-corrected chi connectivity index (χ3v) is 5.31. The van der Waals surface area contributed by atoms with Crippen molar-refractivity contribution in [1.82, 2.24) is 20.0 Å². The standard InChI is InChI=1S/C19H20FN5O3S/c1-29(26,27)24-17-11-13(8-9-21-17)18-22-19(28-23-18)16-7-4-10-25(16)12-14-5-2-3-6-15(14)20/h2-3,5-6,8-9,11,16H,4,7,10,12H2,1H3,(H,21,24)/t16-/m0/s1. The molecule has 1 N–H and O–H groups in total. The lowest BCUT2D eigenvalue weighted by Crippen LogP contribution is -2.23. The van der Waals surface area contributed by atoms with E-state index in [2.05, 4.69) is 24.7 Å². The topological polar surface area (TPSA) is 101 Å². The highest BCUT2D eigenvalue weighted by Gasteiger charge is 2.31. The minimum absolute atomic E-state index is 0.0914. The number of hydrogen-bond donors (Lipinski definition) is 1. The molecule has 4 rings (SSSR count). The molecular weight excluding hydrogens is 397 g/mol. The second-order valence-corrected chi connectivity index (χ2v) is 8.73. The lowest BCUT2D eigenvalue weighted by molar-refractivity contribution is 0.199. The van der Waals surface area contributed by atoms with Gasteiger partial charge in [0.25, 0.3) is 0 Å². The van der Waals surface area contributed by atoms with Gasteiger partial charge in [0.1, 0.15) is 11.6 Å². The molecule has 3 aromatic rings. The summed E-state index contributed by atoms with van der Waals surface area (Å²) >= 11 is 0. The van der Waals surface area contributed by atoms with Gasteiger partial charge < -0.3 is 4.52 Å². The first-order valence-corrected chi connectivity index (χ1v) is 11.0. The molecule has 2 aromatic heterocycles. The smallest absolute Gasteiger partial charge is 0.244 e. The fourth-order valence-corrected chi connectivity index (χ4v) is 3.94. The summed E-state index contributed by atoms with van der Waals surface area (Å²) in [5, 5.41) is 4.04. The van der Waals surface area contributed by atoms with Gasteiger partial charge in [-0.2, -0.15) is 4.98 Å². The van der Waals surface area contributed by atoms with Gasteiger partial charge in [0, 0.05) is 23.9 Å². The summed E-state index contributed by atoms with van der Waals surface area (Å²) in [6.45, 7) is 1.28. The van der Waals surface area contributed by atoms with Crippen molar-refractivity contribution >= 4 is 15.8 Å². The van der Waals surface area contributed by atoms with Crippen molar-refractivity contribution in [1.29, 1.82) is 0 Å². The number of anilines is 1. The van der Waals surface area contributed by atoms with Crippen LogP contribution in [0.25, 0.3) is 11.4 Å². The highest BCUT2D eigenvalue weighted by molar-refractivity contribution is 7.92. The maximum absolute atomic E-state index is 14.0. The molecule has 0 saturated carbocycles. The monoisotopic (exact) mass is 417 g/mol. The molecule has 152 valence electrons. The molecule has 1 atom stereocenters. The van der Waals surface area contributed by atoms with E-state index in [0.29, 0.717) is 29.4 Å². The molecule has 0 amide bonds. The first-order valence-electron chi connectivity index (χ1n) is 9.14. The van der Waals surface area contributed by atoms with E-state index in [9.17, 15) is 12.8 Å². The van der Waals surface area contributed by atoms with Crippen molar-refractivity contribution in [2.45, 2.75) is 25.4 Å². The fourth-order valence-electron chi connectivity index (χ4n) is 3.44. The van der Waals surface area contributed by atoms with E-state index in [0.717, 1.165) is 25.6 Å². The Morgan fingerprint density at radius 2 is 2.14 bits per heavy atom. The van der Waals surface area contributed by atoms with Crippen molar-refractivity contribution in [3.05, 3.63) is 59.9 Å². The number of halogens is 1. The van der Waals surface area contributed by atoms with Crippen LogP contribution in [0.5, 0.6) is 0 Å². The third kappa shape index (κ3) is 4.60. The van der Waals surface area contributed by atoms with Crippen molar-refractivity contribution < 1.29 is 17.3 Å². The van der Waals surface area contributed by atoms with Crippen molar-refractivity contribution in [2.24, 2.45) is 0 Å². The molecular formula is C19H20FN5O3S. The molecule has 1 aliphatic heterocycles. The number of pyridine rings is 1. The Kier molecular flexibility index (Phi) is 5.29. The number of nitrogens with zero attached hydrogens (tertiary/aromatic N) is 4. The summed E-state index contributed by atoms with van der Waals surface area (Å²) in [6.07, 6.45) is 4.32. The molecule has 8 nitrogen and oxygen atoms in total. The second-order valence-electron chi connectivity index (χ2n) is 6.98. The Balaban J connectivity index is 1.54. The quantitative estimate of drug-likeness (QED) is 0.658. The first kappa shape index (κ1) is 19.5. The predicted octanol–water partition coefficient (Wildman–Crippen LogP) is 2.98. The van der Waals surface area contributed by atoms with E-state index in [1.165, 1.54) is 12.3 Å². The zero-order valence-corrected chi connectivity index (χ0v) is 16.6. The van der Waals surface area contributed by atoms with Gasteiger partial charge >= 0.3 is 0 Å². The van der Waals surface area contributed by atoms with Crippen molar-refractivity contribution in [3.8, 4) is 11.4 Å². The third-order valence-electron chi connectivity index (χ3n) is 4.73.